The smallest absolute Gasteiger partial charge is 0.326 e. The maximum Gasteiger partial charge on any atom is 0.326 e. The summed E-state index contributed by atoms with van der Waals surface area (Å²) >= 11 is 3.30. The Hall–Kier alpha value is -3.45. The largest absolute Gasteiger partial charge is 0.451 e. The summed E-state index contributed by atoms with van der Waals surface area (Å²) in [6.07, 6.45) is -0.580. The highest BCUT2D eigenvalue weighted by Crippen LogP contribution is 2.25. The van der Waals surface area contributed by atoms with E-state index in [1.54, 1.807) is 24.3 Å². The van der Waals surface area contributed by atoms with Gasteiger partial charge in [0.1, 0.15) is 6.54 Å². The molecular formula is C24H21BrN2O4. The number of hydrogen-bond donors (Lipinski definition) is 2. The highest BCUT2D eigenvalue weighted by atomic mass is 79.9. The van der Waals surface area contributed by atoms with Gasteiger partial charge in [0.2, 0.25) is 5.91 Å². The van der Waals surface area contributed by atoms with Gasteiger partial charge >= 0.3 is 5.97 Å². The average Bonchev–Trinajstić information content (AvgIpc) is 2.81. The second kappa shape index (κ2) is 11.1. The Kier molecular flexibility index (Phi) is 7.95. The van der Waals surface area contributed by atoms with Gasteiger partial charge in [-0.2, -0.15) is 0 Å². The standard InChI is InChI=1S/C24H21BrN2O4/c25-20-13-11-19(12-14-20)24(30)27-15-21(28)26-16-22(29)31-23(17-7-3-1-4-8-17)18-9-5-2-6-10-18/h1-14,23H,15-16H2,(H,26,28)(H,27,30). The zero-order chi connectivity index (χ0) is 22.1. The van der Waals surface area contributed by atoms with Crippen LogP contribution in [0.15, 0.2) is 89.4 Å². The molecule has 3 rings (SSSR count). The van der Waals surface area contributed by atoms with Crippen LogP contribution in [0, 0.1) is 0 Å². The molecule has 0 heterocycles. The van der Waals surface area contributed by atoms with Crippen LogP contribution in [0.3, 0.4) is 0 Å². The number of amides is 2. The average molecular weight is 481 g/mol. The van der Waals surface area contributed by atoms with Crippen LogP contribution in [-0.4, -0.2) is 30.9 Å². The second-order valence-electron chi connectivity index (χ2n) is 6.66. The van der Waals surface area contributed by atoms with Gasteiger partial charge in [-0.3, -0.25) is 14.4 Å². The quantitative estimate of drug-likeness (QED) is 0.482. The van der Waals surface area contributed by atoms with Crippen molar-refractivity contribution in [2.24, 2.45) is 0 Å². The summed E-state index contributed by atoms with van der Waals surface area (Å²) in [5.41, 5.74) is 2.09. The Bertz CT molecular complexity index is 985. The van der Waals surface area contributed by atoms with Gasteiger partial charge < -0.3 is 15.4 Å². The first-order valence-corrected chi connectivity index (χ1v) is 10.4. The summed E-state index contributed by atoms with van der Waals surface area (Å²) in [7, 11) is 0. The first-order valence-electron chi connectivity index (χ1n) is 9.63. The second-order valence-corrected chi connectivity index (χ2v) is 7.57. The monoisotopic (exact) mass is 480 g/mol. The SMILES string of the molecule is O=C(CNC(=O)c1ccc(Br)cc1)NCC(=O)OC(c1ccccc1)c1ccccc1. The molecule has 31 heavy (non-hydrogen) atoms. The molecule has 3 aromatic rings. The number of hydrogen-bond acceptors (Lipinski definition) is 4. The molecule has 0 aromatic heterocycles. The molecule has 0 bridgehead atoms. The van der Waals surface area contributed by atoms with Crippen LogP contribution in [0.5, 0.6) is 0 Å². The highest BCUT2D eigenvalue weighted by Gasteiger charge is 2.19. The number of carbonyl (C=O) groups is 3. The van der Waals surface area contributed by atoms with E-state index in [9.17, 15) is 14.4 Å². The van der Waals surface area contributed by atoms with Crippen LogP contribution in [0.25, 0.3) is 0 Å². The van der Waals surface area contributed by atoms with Gasteiger partial charge in [0.15, 0.2) is 6.10 Å². The van der Waals surface area contributed by atoms with E-state index in [0.29, 0.717) is 5.56 Å². The lowest BCUT2D eigenvalue weighted by Gasteiger charge is -2.19. The molecule has 3 aromatic carbocycles. The van der Waals surface area contributed by atoms with Crippen LogP contribution in [0.1, 0.15) is 27.6 Å². The topological polar surface area (TPSA) is 84.5 Å². The van der Waals surface area contributed by atoms with Crippen molar-refractivity contribution in [3.05, 3.63) is 106 Å². The van der Waals surface area contributed by atoms with E-state index in [-0.39, 0.29) is 19.0 Å². The van der Waals surface area contributed by atoms with Crippen LogP contribution < -0.4 is 10.6 Å². The molecule has 7 heteroatoms. The first-order chi connectivity index (χ1) is 15.0. The van der Waals surface area contributed by atoms with Gasteiger partial charge in [-0.15, -0.1) is 0 Å². The molecule has 0 saturated heterocycles. The maximum absolute atomic E-state index is 12.4. The normalized spacial score (nSPS) is 10.4. The fraction of sp³-hybridized carbons (Fsp3) is 0.125. The van der Waals surface area contributed by atoms with Crippen LogP contribution in [0.4, 0.5) is 0 Å². The summed E-state index contributed by atoms with van der Waals surface area (Å²) in [5.74, 6) is -1.44. The molecule has 0 saturated carbocycles. The highest BCUT2D eigenvalue weighted by molar-refractivity contribution is 9.10. The Labute approximate surface area is 188 Å². The summed E-state index contributed by atoms with van der Waals surface area (Å²) in [6, 6.07) is 25.5. The Balaban J connectivity index is 1.51. The molecule has 2 amide bonds. The fourth-order valence-electron chi connectivity index (χ4n) is 2.85. The maximum atomic E-state index is 12.4. The van der Waals surface area contributed by atoms with Crippen molar-refractivity contribution in [1.82, 2.24) is 10.6 Å². The summed E-state index contributed by atoms with van der Waals surface area (Å²) in [6.45, 7) is -0.549. The van der Waals surface area contributed by atoms with E-state index >= 15 is 0 Å². The summed E-state index contributed by atoms with van der Waals surface area (Å²) in [5, 5.41) is 4.99. The predicted molar refractivity (Wildman–Crippen MR) is 120 cm³/mol. The van der Waals surface area contributed by atoms with E-state index < -0.39 is 18.0 Å². The fourth-order valence-corrected chi connectivity index (χ4v) is 3.12. The molecule has 2 N–H and O–H groups in total. The molecule has 0 atom stereocenters. The number of ether oxygens (including phenoxy) is 1. The Morgan fingerprint density at radius 2 is 1.29 bits per heavy atom. The van der Waals surface area contributed by atoms with E-state index in [1.165, 1.54) is 0 Å². The van der Waals surface area contributed by atoms with E-state index in [4.69, 9.17) is 4.74 Å². The van der Waals surface area contributed by atoms with Gasteiger partial charge in [-0.25, -0.2) is 0 Å². The molecule has 0 radical (unpaired) electrons. The number of halogens is 1. The molecule has 6 nitrogen and oxygen atoms in total. The zero-order valence-electron chi connectivity index (χ0n) is 16.6. The minimum Gasteiger partial charge on any atom is -0.451 e. The number of esters is 1. The van der Waals surface area contributed by atoms with Crippen LogP contribution >= 0.6 is 15.9 Å². The lowest BCUT2D eigenvalue weighted by Crippen LogP contribution is -2.39. The summed E-state index contributed by atoms with van der Waals surface area (Å²) < 4.78 is 6.49. The van der Waals surface area contributed by atoms with Crippen molar-refractivity contribution in [2.45, 2.75) is 6.10 Å². The Morgan fingerprint density at radius 1 is 0.742 bits per heavy atom. The van der Waals surface area contributed by atoms with Crippen molar-refractivity contribution in [1.29, 1.82) is 0 Å². The van der Waals surface area contributed by atoms with Crippen molar-refractivity contribution in [3.63, 3.8) is 0 Å². The number of benzene rings is 3. The van der Waals surface area contributed by atoms with E-state index in [0.717, 1.165) is 15.6 Å². The number of nitrogens with one attached hydrogen (secondary N) is 2. The molecule has 0 aliphatic carbocycles. The molecule has 0 fully saturated rings. The number of carbonyl (C=O) groups excluding carboxylic acids is 3. The third-order valence-corrected chi connectivity index (χ3v) is 4.93. The third-order valence-electron chi connectivity index (χ3n) is 4.40. The van der Waals surface area contributed by atoms with Gasteiger partial charge in [0.25, 0.3) is 5.91 Å². The molecule has 158 valence electrons. The van der Waals surface area contributed by atoms with Gasteiger partial charge in [0.05, 0.1) is 6.54 Å². The van der Waals surface area contributed by atoms with Gasteiger partial charge in [-0.1, -0.05) is 76.6 Å². The van der Waals surface area contributed by atoms with E-state index in [1.807, 2.05) is 60.7 Å². The minimum absolute atomic E-state index is 0.247. The molecular weight excluding hydrogens is 460 g/mol. The lowest BCUT2D eigenvalue weighted by atomic mass is 10.0. The molecule has 0 aliphatic heterocycles. The summed E-state index contributed by atoms with van der Waals surface area (Å²) in [4.78, 5) is 36.4. The lowest BCUT2D eigenvalue weighted by molar-refractivity contribution is -0.147. The molecule has 0 aliphatic rings. The van der Waals surface area contributed by atoms with Crippen LogP contribution in [-0.2, 0) is 14.3 Å². The van der Waals surface area contributed by atoms with Crippen molar-refractivity contribution in [2.75, 3.05) is 13.1 Å². The van der Waals surface area contributed by atoms with Crippen molar-refractivity contribution < 1.29 is 19.1 Å². The third kappa shape index (κ3) is 6.79. The van der Waals surface area contributed by atoms with E-state index in [2.05, 4.69) is 26.6 Å². The van der Waals surface area contributed by atoms with Gasteiger partial charge in [0, 0.05) is 10.0 Å². The van der Waals surface area contributed by atoms with Crippen LogP contribution in [0.2, 0.25) is 0 Å². The minimum atomic E-state index is -0.580. The zero-order valence-corrected chi connectivity index (χ0v) is 18.2. The Morgan fingerprint density at radius 3 is 1.84 bits per heavy atom. The molecule has 0 unspecified atom stereocenters. The van der Waals surface area contributed by atoms with Crippen molar-refractivity contribution in [3.8, 4) is 0 Å². The predicted octanol–water partition coefficient (Wildman–Crippen LogP) is 3.63. The van der Waals surface area contributed by atoms with Gasteiger partial charge in [-0.05, 0) is 35.4 Å². The number of rotatable bonds is 8. The molecule has 0 spiro atoms. The van der Waals surface area contributed by atoms with Crippen molar-refractivity contribution >= 4 is 33.7 Å². The first kappa shape index (κ1) is 22.2.